The van der Waals surface area contributed by atoms with Crippen molar-refractivity contribution in [1.82, 2.24) is 10.6 Å². The van der Waals surface area contributed by atoms with Crippen molar-refractivity contribution in [2.45, 2.75) is 0 Å². The van der Waals surface area contributed by atoms with Gasteiger partial charge in [-0.3, -0.25) is 4.79 Å². The predicted molar refractivity (Wildman–Crippen MR) is 96.0 cm³/mol. The van der Waals surface area contributed by atoms with Crippen molar-refractivity contribution in [1.29, 1.82) is 0 Å². The number of halogens is 1. The number of nitrogens with one attached hydrogen (secondary N) is 3. The second-order valence-corrected chi connectivity index (χ2v) is 5.25. The van der Waals surface area contributed by atoms with Gasteiger partial charge in [0.2, 0.25) is 0 Å². The Balaban J connectivity index is 1.73. The number of carbonyl (C=O) groups is 1. The molecular weight excluding hydrogens is 329 g/mol. The van der Waals surface area contributed by atoms with Gasteiger partial charge in [-0.15, -0.1) is 0 Å². The topological polar surface area (TPSA) is 62.4 Å². The SMILES string of the molecule is COc1ccccc1NC(=S)NCCNC(=O)c1ccc(F)cc1. The third-order valence-corrected chi connectivity index (χ3v) is 3.40. The molecule has 0 spiro atoms. The van der Waals surface area contributed by atoms with Gasteiger partial charge in [-0.2, -0.15) is 0 Å². The largest absolute Gasteiger partial charge is 0.495 e. The van der Waals surface area contributed by atoms with Crippen LogP contribution < -0.4 is 20.7 Å². The van der Waals surface area contributed by atoms with Crippen LogP contribution >= 0.6 is 12.2 Å². The van der Waals surface area contributed by atoms with Crippen LogP contribution in [0.2, 0.25) is 0 Å². The fourth-order valence-corrected chi connectivity index (χ4v) is 2.18. The molecule has 2 rings (SSSR count). The molecule has 3 N–H and O–H groups in total. The Morgan fingerprint density at radius 3 is 2.46 bits per heavy atom. The van der Waals surface area contributed by atoms with Gasteiger partial charge >= 0.3 is 0 Å². The van der Waals surface area contributed by atoms with Crippen LogP contribution in [0.25, 0.3) is 0 Å². The molecule has 0 saturated heterocycles. The molecule has 0 aromatic heterocycles. The molecule has 24 heavy (non-hydrogen) atoms. The van der Waals surface area contributed by atoms with Crippen molar-refractivity contribution in [3.05, 3.63) is 59.9 Å². The minimum Gasteiger partial charge on any atom is -0.495 e. The Bertz CT molecular complexity index is 707. The first kappa shape index (κ1) is 17.7. The first-order valence-corrected chi connectivity index (χ1v) is 7.72. The molecule has 0 radical (unpaired) electrons. The molecular formula is C17H18FN3O2S. The average molecular weight is 347 g/mol. The summed E-state index contributed by atoms with van der Waals surface area (Å²) >= 11 is 5.20. The Kier molecular flexibility index (Phi) is 6.51. The molecule has 0 heterocycles. The Hall–Kier alpha value is -2.67. The van der Waals surface area contributed by atoms with Gasteiger partial charge in [0.25, 0.3) is 5.91 Å². The van der Waals surface area contributed by atoms with Crippen LogP contribution in [0.4, 0.5) is 10.1 Å². The molecule has 2 aromatic carbocycles. The van der Waals surface area contributed by atoms with E-state index in [1.165, 1.54) is 24.3 Å². The van der Waals surface area contributed by atoms with E-state index in [0.29, 0.717) is 29.5 Å². The second-order valence-electron chi connectivity index (χ2n) is 4.84. The summed E-state index contributed by atoms with van der Waals surface area (Å²) in [6, 6.07) is 12.8. The summed E-state index contributed by atoms with van der Waals surface area (Å²) in [5.74, 6) is 0.0487. The third-order valence-electron chi connectivity index (χ3n) is 3.16. The van der Waals surface area contributed by atoms with Gasteiger partial charge in [0.1, 0.15) is 11.6 Å². The van der Waals surface area contributed by atoms with Crippen LogP contribution in [-0.4, -0.2) is 31.2 Å². The normalized spacial score (nSPS) is 9.92. The molecule has 5 nitrogen and oxygen atoms in total. The maximum atomic E-state index is 12.8. The van der Waals surface area contributed by atoms with Crippen molar-refractivity contribution in [2.24, 2.45) is 0 Å². The highest BCUT2D eigenvalue weighted by atomic mass is 32.1. The lowest BCUT2D eigenvalue weighted by Gasteiger charge is -2.13. The minimum atomic E-state index is -0.374. The fraction of sp³-hybridized carbons (Fsp3) is 0.176. The molecule has 0 atom stereocenters. The van der Waals surface area contributed by atoms with E-state index in [0.717, 1.165) is 5.69 Å². The predicted octanol–water partition coefficient (Wildman–Crippen LogP) is 2.55. The summed E-state index contributed by atoms with van der Waals surface area (Å²) in [6.45, 7) is 0.831. The number of ether oxygens (including phenoxy) is 1. The van der Waals surface area contributed by atoms with E-state index in [4.69, 9.17) is 17.0 Å². The molecule has 7 heteroatoms. The quantitative estimate of drug-likeness (QED) is 0.554. The highest BCUT2D eigenvalue weighted by Crippen LogP contribution is 2.22. The third kappa shape index (κ3) is 5.20. The summed E-state index contributed by atoms with van der Waals surface area (Å²) in [5.41, 5.74) is 1.17. The molecule has 0 bridgehead atoms. The van der Waals surface area contributed by atoms with Crippen LogP contribution in [0.5, 0.6) is 5.75 Å². The lowest BCUT2D eigenvalue weighted by atomic mass is 10.2. The molecule has 1 amide bonds. The zero-order chi connectivity index (χ0) is 17.4. The second kappa shape index (κ2) is 8.83. The van der Waals surface area contributed by atoms with E-state index in [1.54, 1.807) is 7.11 Å². The smallest absolute Gasteiger partial charge is 0.251 e. The molecule has 126 valence electrons. The molecule has 0 aliphatic rings. The maximum absolute atomic E-state index is 12.8. The van der Waals surface area contributed by atoms with Gasteiger partial charge in [-0.1, -0.05) is 12.1 Å². The average Bonchev–Trinajstić information content (AvgIpc) is 2.59. The summed E-state index contributed by atoms with van der Waals surface area (Å²) < 4.78 is 18.0. The monoisotopic (exact) mass is 347 g/mol. The number of para-hydroxylation sites is 2. The van der Waals surface area contributed by atoms with Gasteiger partial charge in [-0.25, -0.2) is 4.39 Å². The van der Waals surface area contributed by atoms with E-state index in [-0.39, 0.29) is 11.7 Å². The summed E-state index contributed by atoms with van der Waals surface area (Å²) in [7, 11) is 1.59. The summed E-state index contributed by atoms with van der Waals surface area (Å²) in [6.07, 6.45) is 0. The number of hydrogen-bond donors (Lipinski definition) is 3. The van der Waals surface area contributed by atoms with Gasteiger partial charge in [0.15, 0.2) is 5.11 Å². The van der Waals surface area contributed by atoms with Crippen LogP contribution in [0.15, 0.2) is 48.5 Å². The number of methoxy groups -OCH3 is 1. The molecule has 0 unspecified atom stereocenters. The van der Waals surface area contributed by atoms with E-state index in [9.17, 15) is 9.18 Å². The Morgan fingerprint density at radius 1 is 1.08 bits per heavy atom. The van der Waals surface area contributed by atoms with Crippen molar-refractivity contribution in [3.8, 4) is 5.75 Å². The summed E-state index contributed by atoms with van der Waals surface area (Å²) in [5, 5.41) is 9.17. The highest BCUT2D eigenvalue weighted by molar-refractivity contribution is 7.80. The van der Waals surface area contributed by atoms with Crippen molar-refractivity contribution < 1.29 is 13.9 Å². The van der Waals surface area contributed by atoms with Crippen molar-refractivity contribution >= 4 is 28.9 Å². The Morgan fingerprint density at radius 2 is 1.75 bits per heavy atom. The number of benzene rings is 2. The van der Waals surface area contributed by atoms with E-state index < -0.39 is 0 Å². The molecule has 0 aliphatic heterocycles. The maximum Gasteiger partial charge on any atom is 0.251 e. The first-order chi connectivity index (χ1) is 11.6. The van der Waals surface area contributed by atoms with Gasteiger partial charge in [0.05, 0.1) is 12.8 Å². The van der Waals surface area contributed by atoms with E-state index in [2.05, 4.69) is 16.0 Å². The number of rotatable bonds is 6. The van der Waals surface area contributed by atoms with Gasteiger partial charge < -0.3 is 20.7 Å². The van der Waals surface area contributed by atoms with Crippen molar-refractivity contribution in [3.63, 3.8) is 0 Å². The minimum absolute atomic E-state index is 0.264. The van der Waals surface area contributed by atoms with E-state index >= 15 is 0 Å². The lowest BCUT2D eigenvalue weighted by Crippen LogP contribution is -2.36. The van der Waals surface area contributed by atoms with Gasteiger partial charge in [0, 0.05) is 18.7 Å². The summed E-state index contributed by atoms with van der Waals surface area (Å²) in [4.78, 5) is 11.8. The van der Waals surface area contributed by atoms with Crippen LogP contribution in [-0.2, 0) is 0 Å². The Labute approximate surface area is 145 Å². The molecule has 0 saturated carbocycles. The zero-order valence-electron chi connectivity index (χ0n) is 13.1. The number of thiocarbonyl (C=S) groups is 1. The van der Waals surface area contributed by atoms with Gasteiger partial charge in [-0.05, 0) is 48.6 Å². The van der Waals surface area contributed by atoms with Crippen LogP contribution in [0.1, 0.15) is 10.4 Å². The van der Waals surface area contributed by atoms with Crippen LogP contribution in [0.3, 0.4) is 0 Å². The fourth-order valence-electron chi connectivity index (χ4n) is 1.97. The van der Waals surface area contributed by atoms with E-state index in [1.807, 2.05) is 24.3 Å². The van der Waals surface area contributed by atoms with Crippen LogP contribution in [0, 0.1) is 5.82 Å². The molecule has 2 aromatic rings. The zero-order valence-corrected chi connectivity index (χ0v) is 14.0. The number of amides is 1. The highest BCUT2D eigenvalue weighted by Gasteiger charge is 2.06. The molecule has 0 fully saturated rings. The van der Waals surface area contributed by atoms with Crippen molar-refractivity contribution in [2.75, 3.05) is 25.5 Å². The number of carbonyl (C=O) groups excluding carboxylic acids is 1. The first-order valence-electron chi connectivity index (χ1n) is 7.32. The number of hydrogen-bond acceptors (Lipinski definition) is 3. The number of anilines is 1. The lowest BCUT2D eigenvalue weighted by molar-refractivity contribution is 0.0954. The molecule has 0 aliphatic carbocycles. The standard InChI is InChI=1S/C17H18FN3O2S/c1-23-15-5-3-2-4-14(15)21-17(24)20-11-10-19-16(22)12-6-8-13(18)9-7-12/h2-9H,10-11H2,1H3,(H,19,22)(H2,20,21,24).